The van der Waals surface area contributed by atoms with E-state index in [4.69, 9.17) is 4.98 Å². The minimum absolute atomic E-state index is 0.101. The van der Waals surface area contributed by atoms with Gasteiger partial charge in [-0.05, 0) is 42.7 Å². The number of para-hydroxylation sites is 1. The van der Waals surface area contributed by atoms with Crippen LogP contribution in [0.25, 0.3) is 17.0 Å². The zero-order chi connectivity index (χ0) is 28.1. The molecule has 0 spiro atoms. The monoisotopic (exact) mass is 535 g/mol. The maximum Gasteiger partial charge on any atom is 0.328 e. The Bertz CT molecular complexity index is 1360. The molecular weight excluding hydrogens is 500 g/mol. The van der Waals surface area contributed by atoms with Gasteiger partial charge >= 0.3 is 6.03 Å². The molecule has 0 radical (unpaired) electrons. The molecule has 2 aromatic carbocycles. The number of urea groups is 1. The fourth-order valence-corrected chi connectivity index (χ4v) is 4.35. The van der Waals surface area contributed by atoms with Gasteiger partial charge in [-0.25, -0.2) is 23.5 Å². The molecule has 0 aliphatic carbocycles. The molecule has 39 heavy (non-hydrogen) atoms. The van der Waals surface area contributed by atoms with E-state index in [-0.39, 0.29) is 18.3 Å². The number of carbonyl (C=O) groups excluding carboxylic acids is 1. The number of hydrogen-bond acceptors (Lipinski definition) is 6. The van der Waals surface area contributed by atoms with E-state index in [2.05, 4.69) is 39.8 Å². The van der Waals surface area contributed by atoms with Gasteiger partial charge in [0.1, 0.15) is 17.3 Å². The lowest BCUT2D eigenvalue weighted by atomic mass is 9.97. The van der Waals surface area contributed by atoms with E-state index in [0.717, 1.165) is 52.4 Å². The number of hydrogen-bond donors (Lipinski definition) is 4. The summed E-state index contributed by atoms with van der Waals surface area (Å²) in [5, 5.41) is 12.6. The standard InChI is InChI=1S/C29H35F2N7O/c1-6-12-33-19(5)20-11-10-18(4)21(15-20)25-22-16-35-29(39)38(26-23(30)8-7-9-24(26)31)27(22)37-28(36-25)34-14-13-32-17(2)3/h7-11,15,17,32-33H,5-6,12-14,16H2,1-4H3,(H,35,39)(H,34,36,37). The molecule has 0 unspecified atom stereocenters. The number of amides is 2. The van der Waals surface area contributed by atoms with E-state index in [0.29, 0.717) is 30.4 Å². The second kappa shape index (κ2) is 12.2. The molecule has 0 atom stereocenters. The van der Waals surface area contributed by atoms with E-state index >= 15 is 0 Å². The average Bonchev–Trinajstić information content (AvgIpc) is 2.90. The van der Waals surface area contributed by atoms with Gasteiger partial charge in [0.05, 0.1) is 12.2 Å². The fraction of sp³-hybridized carbons (Fsp3) is 0.345. The van der Waals surface area contributed by atoms with Crippen molar-refractivity contribution in [1.82, 2.24) is 25.9 Å². The lowest BCUT2D eigenvalue weighted by molar-refractivity contribution is 0.246. The molecule has 3 aromatic rings. The second-order valence-electron chi connectivity index (χ2n) is 9.73. The maximum atomic E-state index is 14.9. The van der Waals surface area contributed by atoms with Gasteiger partial charge < -0.3 is 21.3 Å². The van der Waals surface area contributed by atoms with Crippen LogP contribution in [0.15, 0.2) is 43.0 Å². The third-order valence-corrected chi connectivity index (χ3v) is 6.37. The molecule has 0 saturated heterocycles. The molecule has 1 aliphatic heterocycles. The van der Waals surface area contributed by atoms with Gasteiger partial charge in [-0.15, -0.1) is 0 Å². The van der Waals surface area contributed by atoms with Crippen molar-refractivity contribution in [2.24, 2.45) is 0 Å². The number of carbonyl (C=O) groups is 1. The highest BCUT2D eigenvalue weighted by atomic mass is 19.1. The number of rotatable bonds is 11. The first-order valence-electron chi connectivity index (χ1n) is 13.2. The van der Waals surface area contributed by atoms with Crippen LogP contribution >= 0.6 is 0 Å². The molecule has 1 aliphatic rings. The molecule has 0 saturated carbocycles. The SMILES string of the molecule is C=C(NCCC)c1ccc(C)c(-c2nc(NCCNC(C)C)nc3c2CNC(=O)N3c2c(F)cccc2F)c1. The largest absolute Gasteiger partial charge is 0.385 e. The zero-order valence-corrected chi connectivity index (χ0v) is 22.8. The van der Waals surface area contributed by atoms with Crippen molar-refractivity contribution in [3.63, 3.8) is 0 Å². The van der Waals surface area contributed by atoms with Crippen molar-refractivity contribution in [3.05, 3.63) is 71.3 Å². The molecule has 8 nitrogen and oxygen atoms in total. The van der Waals surface area contributed by atoms with E-state index in [1.54, 1.807) is 0 Å². The Hall–Kier alpha value is -4.05. The van der Waals surface area contributed by atoms with E-state index in [1.165, 1.54) is 6.07 Å². The molecule has 206 valence electrons. The predicted molar refractivity (Wildman–Crippen MR) is 152 cm³/mol. The van der Waals surface area contributed by atoms with Crippen molar-refractivity contribution >= 4 is 29.2 Å². The number of nitrogens with zero attached hydrogens (tertiary/aromatic N) is 3. The quantitative estimate of drug-likeness (QED) is 0.243. The summed E-state index contributed by atoms with van der Waals surface area (Å²) in [6.45, 7) is 14.4. The van der Waals surface area contributed by atoms with Crippen LogP contribution in [0.1, 0.15) is 43.9 Å². The molecule has 4 rings (SSSR count). The summed E-state index contributed by atoms with van der Waals surface area (Å²) in [7, 11) is 0. The summed E-state index contributed by atoms with van der Waals surface area (Å²) in [5.41, 5.74) is 4.04. The Morgan fingerprint density at radius 2 is 1.87 bits per heavy atom. The lowest BCUT2D eigenvalue weighted by Crippen LogP contribution is -2.43. The van der Waals surface area contributed by atoms with Gasteiger partial charge in [0, 0.05) is 42.5 Å². The Morgan fingerprint density at radius 3 is 2.56 bits per heavy atom. The van der Waals surface area contributed by atoms with E-state index < -0.39 is 23.4 Å². The van der Waals surface area contributed by atoms with Gasteiger partial charge in [0.2, 0.25) is 5.95 Å². The molecule has 1 aromatic heterocycles. The first-order chi connectivity index (χ1) is 18.7. The van der Waals surface area contributed by atoms with Crippen molar-refractivity contribution in [2.75, 3.05) is 29.9 Å². The number of anilines is 3. The fourth-order valence-electron chi connectivity index (χ4n) is 4.35. The molecule has 0 bridgehead atoms. The molecule has 4 N–H and O–H groups in total. The Balaban J connectivity index is 1.87. The van der Waals surface area contributed by atoms with Crippen molar-refractivity contribution < 1.29 is 13.6 Å². The molecule has 2 heterocycles. The highest BCUT2D eigenvalue weighted by Crippen LogP contribution is 2.39. The average molecular weight is 536 g/mol. The van der Waals surface area contributed by atoms with Gasteiger partial charge in [-0.1, -0.05) is 45.5 Å². The van der Waals surface area contributed by atoms with Crippen LogP contribution in [0.4, 0.5) is 31.0 Å². The third-order valence-electron chi connectivity index (χ3n) is 6.37. The predicted octanol–water partition coefficient (Wildman–Crippen LogP) is 5.47. The molecule has 10 heteroatoms. The first-order valence-corrected chi connectivity index (χ1v) is 13.2. The number of benzene rings is 2. The minimum atomic E-state index is -0.870. The topological polar surface area (TPSA) is 94.2 Å². The number of fused-ring (bicyclic) bond motifs is 1. The summed E-state index contributed by atoms with van der Waals surface area (Å²) >= 11 is 0. The normalized spacial score (nSPS) is 12.8. The van der Waals surface area contributed by atoms with Crippen LogP contribution in [0.2, 0.25) is 0 Å². The van der Waals surface area contributed by atoms with Crippen LogP contribution in [0.5, 0.6) is 0 Å². The molecule has 0 fully saturated rings. The first kappa shape index (κ1) is 28.0. The van der Waals surface area contributed by atoms with Crippen molar-refractivity contribution in [1.29, 1.82) is 0 Å². The summed E-state index contributed by atoms with van der Waals surface area (Å²) in [6, 6.07) is 9.05. The summed E-state index contributed by atoms with van der Waals surface area (Å²) in [4.78, 5) is 23.4. The second-order valence-corrected chi connectivity index (χ2v) is 9.73. The highest BCUT2D eigenvalue weighted by molar-refractivity contribution is 6.02. The Morgan fingerprint density at radius 1 is 1.13 bits per heavy atom. The number of halogens is 2. The minimum Gasteiger partial charge on any atom is -0.385 e. The summed E-state index contributed by atoms with van der Waals surface area (Å²) in [6.07, 6.45) is 0.958. The number of nitrogens with one attached hydrogen (secondary N) is 4. The summed E-state index contributed by atoms with van der Waals surface area (Å²) in [5.74, 6) is -1.37. The molecular formula is C29H35F2N7O. The van der Waals surface area contributed by atoms with Crippen LogP contribution < -0.4 is 26.2 Å². The maximum absolute atomic E-state index is 14.9. The van der Waals surface area contributed by atoms with Gasteiger partial charge in [0.15, 0.2) is 5.82 Å². The van der Waals surface area contributed by atoms with Crippen LogP contribution in [0, 0.1) is 18.6 Å². The van der Waals surface area contributed by atoms with Crippen LogP contribution in [0.3, 0.4) is 0 Å². The third kappa shape index (κ3) is 6.17. The zero-order valence-electron chi connectivity index (χ0n) is 22.8. The Kier molecular flexibility index (Phi) is 8.75. The van der Waals surface area contributed by atoms with Crippen LogP contribution in [-0.4, -0.2) is 41.7 Å². The highest BCUT2D eigenvalue weighted by Gasteiger charge is 2.34. The number of aryl methyl sites for hydroxylation is 1. The summed E-state index contributed by atoms with van der Waals surface area (Å²) < 4.78 is 29.8. The van der Waals surface area contributed by atoms with Gasteiger partial charge in [-0.2, -0.15) is 4.98 Å². The number of aromatic nitrogens is 2. The van der Waals surface area contributed by atoms with E-state index in [9.17, 15) is 13.6 Å². The van der Waals surface area contributed by atoms with Crippen LogP contribution in [-0.2, 0) is 6.54 Å². The van der Waals surface area contributed by atoms with Crippen molar-refractivity contribution in [3.8, 4) is 11.3 Å². The smallest absolute Gasteiger partial charge is 0.328 e. The Labute approximate surface area is 227 Å². The van der Waals surface area contributed by atoms with Gasteiger partial charge in [-0.3, -0.25) is 0 Å². The lowest BCUT2D eigenvalue weighted by Gasteiger charge is -2.31. The molecule has 2 amide bonds. The van der Waals surface area contributed by atoms with Gasteiger partial charge in [0.25, 0.3) is 0 Å². The van der Waals surface area contributed by atoms with Crippen molar-refractivity contribution in [2.45, 2.75) is 46.7 Å². The van der Waals surface area contributed by atoms with E-state index in [1.807, 2.05) is 39.0 Å².